The molecule has 0 aliphatic rings. The zero-order valence-electron chi connectivity index (χ0n) is 10.2. The van der Waals surface area contributed by atoms with Crippen molar-refractivity contribution >= 4 is 5.78 Å². The molecule has 3 nitrogen and oxygen atoms in total. The molecule has 0 atom stereocenters. The summed E-state index contributed by atoms with van der Waals surface area (Å²) in [6.45, 7) is 3.71. The Bertz CT molecular complexity index is 529. The number of nitrogens with zero attached hydrogens (tertiary/aromatic N) is 2. The third-order valence-electron chi connectivity index (χ3n) is 2.72. The van der Waals surface area contributed by atoms with Gasteiger partial charge in [0.15, 0.2) is 5.78 Å². The van der Waals surface area contributed by atoms with Crippen LogP contribution in [0.1, 0.15) is 36.5 Å². The fourth-order valence-corrected chi connectivity index (χ4v) is 1.85. The summed E-state index contributed by atoms with van der Waals surface area (Å²) in [5.41, 5.74) is 1.73. The van der Waals surface area contributed by atoms with E-state index < -0.39 is 0 Å². The Morgan fingerprint density at radius 1 is 1.41 bits per heavy atom. The van der Waals surface area contributed by atoms with E-state index in [1.165, 1.54) is 0 Å². The van der Waals surface area contributed by atoms with Crippen LogP contribution in [-0.2, 0) is 6.42 Å². The monoisotopic (exact) mass is 228 g/mol. The van der Waals surface area contributed by atoms with Crippen LogP contribution in [0.15, 0.2) is 36.7 Å². The van der Waals surface area contributed by atoms with Crippen LogP contribution in [0.5, 0.6) is 0 Å². The van der Waals surface area contributed by atoms with Gasteiger partial charge in [-0.2, -0.15) is 0 Å². The van der Waals surface area contributed by atoms with Gasteiger partial charge in [0.1, 0.15) is 5.82 Å². The van der Waals surface area contributed by atoms with Crippen LogP contribution in [0.3, 0.4) is 0 Å². The quantitative estimate of drug-likeness (QED) is 0.754. The van der Waals surface area contributed by atoms with Crippen molar-refractivity contribution in [3.8, 4) is 5.69 Å². The van der Waals surface area contributed by atoms with Crippen molar-refractivity contribution in [3.63, 3.8) is 0 Å². The first-order chi connectivity index (χ1) is 8.22. The normalized spacial score (nSPS) is 10.5. The van der Waals surface area contributed by atoms with E-state index in [2.05, 4.69) is 11.9 Å². The summed E-state index contributed by atoms with van der Waals surface area (Å²) in [6.07, 6.45) is 5.73. The van der Waals surface area contributed by atoms with Gasteiger partial charge in [-0.05, 0) is 25.5 Å². The van der Waals surface area contributed by atoms with Crippen LogP contribution in [0, 0.1) is 0 Å². The van der Waals surface area contributed by atoms with E-state index in [1.54, 1.807) is 13.1 Å². The SMILES string of the molecule is CCCc1nccn1-c1cccc(C(C)=O)c1. The van der Waals surface area contributed by atoms with Crippen LogP contribution in [0.4, 0.5) is 0 Å². The molecule has 0 radical (unpaired) electrons. The van der Waals surface area contributed by atoms with Gasteiger partial charge in [-0.3, -0.25) is 4.79 Å². The number of carbonyl (C=O) groups is 1. The van der Waals surface area contributed by atoms with Gasteiger partial charge in [-0.25, -0.2) is 4.98 Å². The van der Waals surface area contributed by atoms with E-state index in [4.69, 9.17) is 0 Å². The van der Waals surface area contributed by atoms with E-state index in [1.807, 2.05) is 35.0 Å². The van der Waals surface area contributed by atoms with Crippen LogP contribution in [0.25, 0.3) is 5.69 Å². The highest BCUT2D eigenvalue weighted by atomic mass is 16.1. The van der Waals surface area contributed by atoms with Gasteiger partial charge < -0.3 is 4.57 Å². The number of rotatable bonds is 4. The van der Waals surface area contributed by atoms with Crippen LogP contribution >= 0.6 is 0 Å². The molecule has 3 heteroatoms. The van der Waals surface area contributed by atoms with Crippen LogP contribution in [-0.4, -0.2) is 15.3 Å². The second-order valence-corrected chi connectivity index (χ2v) is 4.07. The Balaban J connectivity index is 2.42. The largest absolute Gasteiger partial charge is 0.304 e. The molecular weight excluding hydrogens is 212 g/mol. The maximum absolute atomic E-state index is 11.4. The molecular formula is C14H16N2O. The molecule has 2 rings (SSSR count). The number of carbonyl (C=O) groups excluding carboxylic acids is 1. The summed E-state index contributed by atoms with van der Waals surface area (Å²) >= 11 is 0. The van der Waals surface area contributed by atoms with Crippen molar-refractivity contribution in [2.24, 2.45) is 0 Å². The van der Waals surface area contributed by atoms with Crippen molar-refractivity contribution in [2.45, 2.75) is 26.7 Å². The van der Waals surface area contributed by atoms with Crippen molar-refractivity contribution in [1.29, 1.82) is 0 Å². The summed E-state index contributed by atoms with van der Waals surface area (Å²) in [7, 11) is 0. The lowest BCUT2D eigenvalue weighted by Crippen LogP contribution is -2.01. The molecule has 0 N–H and O–H groups in total. The third-order valence-corrected chi connectivity index (χ3v) is 2.72. The molecule has 88 valence electrons. The number of ketones is 1. The lowest BCUT2D eigenvalue weighted by atomic mass is 10.1. The zero-order chi connectivity index (χ0) is 12.3. The second kappa shape index (κ2) is 4.95. The summed E-state index contributed by atoms with van der Waals surface area (Å²) in [5.74, 6) is 1.12. The molecule has 0 saturated carbocycles. The molecule has 1 aromatic heterocycles. The molecule has 0 saturated heterocycles. The average Bonchev–Trinajstić information content (AvgIpc) is 2.78. The Hall–Kier alpha value is -1.90. The minimum Gasteiger partial charge on any atom is -0.304 e. The number of Topliss-reactive ketones (excluding diaryl/α,β-unsaturated/α-hetero) is 1. The number of hydrogen-bond acceptors (Lipinski definition) is 2. The highest BCUT2D eigenvalue weighted by molar-refractivity contribution is 5.94. The Morgan fingerprint density at radius 3 is 2.94 bits per heavy atom. The molecule has 0 amide bonds. The van der Waals surface area contributed by atoms with E-state index >= 15 is 0 Å². The fourth-order valence-electron chi connectivity index (χ4n) is 1.85. The lowest BCUT2D eigenvalue weighted by molar-refractivity contribution is 0.101. The van der Waals surface area contributed by atoms with Gasteiger partial charge in [0.25, 0.3) is 0 Å². The summed E-state index contributed by atoms with van der Waals surface area (Å²) in [6, 6.07) is 7.64. The standard InChI is InChI=1S/C14H16N2O/c1-3-5-14-15-8-9-16(14)13-7-4-6-12(10-13)11(2)17/h4,6-10H,3,5H2,1-2H3. The Morgan fingerprint density at radius 2 is 2.24 bits per heavy atom. The molecule has 0 fully saturated rings. The highest BCUT2D eigenvalue weighted by Crippen LogP contribution is 2.14. The predicted molar refractivity (Wildman–Crippen MR) is 67.6 cm³/mol. The summed E-state index contributed by atoms with van der Waals surface area (Å²) in [5, 5.41) is 0. The van der Waals surface area contributed by atoms with E-state index in [0.717, 1.165) is 29.9 Å². The van der Waals surface area contributed by atoms with Gasteiger partial charge in [0, 0.05) is 30.1 Å². The fraction of sp³-hybridized carbons (Fsp3) is 0.286. The van der Waals surface area contributed by atoms with Gasteiger partial charge >= 0.3 is 0 Å². The maximum Gasteiger partial charge on any atom is 0.159 e. The van der Waals surface area contributed by atoms with Gasteiger partial charge in [-0.1, -0.05) is 19.1 Å². The predicted octanol–water partition coefficient (Wildman–Crippen LogP) is 3.03. The molecule has 0 spiro atoms. The first kappa shape index (κ1) is 11.6. The minimum atomic E-state index is 0.0870. The molecule has 2 aromatic rings. The summed E-state index contributed by atoms with van der Waals surface area (Å²) in [4.78, 5) is 15.7. The molecule has 1 aromatic carbocycles. The van der Waals surface area contributed by atoms with Crippen LogP contribution in [0.2, 0.25) is 0 Å². The number of aryl methyl sites for hydroxylation is 1. The van der Waals surface area contributed by atoms with Crippen molar-refractivity contribution in [3.05, 3.63) is 48.0 Å². The molecule has 1 heterocycles. The number of benzene rings is 1. The van der Waals surface area contributed by atoms with Gasteiger partial charge in [-0.15, -0.1) is 0 Å². The Kier molecular flexibility index (Phi) is 3.38. The number of hydrogen-bond donors (Lipinski definition) is 0. The molecule has 0 unspecified atom stereocenters. The second-order valence-electron chi connectivity index (χ2n) is 4.07. The molecule has 0 aliphatic carbocycles. The number of aromatic nitrogens is 2. The van der Waals surface area contributed by atoms with Crippen molar-refractivity contribution in [1.82, 2.24) is 9.55 Å². The zero-order valence-corrected chi connectivity index (χ0v) is 10.2. The highest BCUT2D eigenvalue weighted by Gasteiger charge is 2.06. The van der Waals surface area contributed by atoms with Crippen molar-refractivity contribution in [2.75, 3.05) is 0 Å². The number of imidazole rings is 1. The summed E-state index contributed by atoms with van der Waals surface area (Å²) < 4.78 is 2.04. The smallest absolute Gasteiger partial charge is 0.159 e. The lowest BCUT2D eigenvalue weighted by Gasteiger charge is -2.08. The van der Waals surface area contributed by atoms with E-state index in [-0.39, 0.29) is 5.78 Å². The molecule has 0 bridgehead atoms. The topological polar surface area (TPSA) is 34.9 Å². The van der Waals surface area contributed by atoms with Crippen molar-refractivity contribution < 1.29 is 4.79 Å². The average molecular weight is 228 g/mol. The third kappa shape index (κ3) is 2.44. The van der Waals surface area contributed by atoms with Gasteiger partial charge in [0.05, 0.1) is 0 Å². The first-order valence-electron chi connectivity index (χ1n) is 5.86. The van der Waals surface area contributed by atoms with Gasteiger partial charge in [0.2, 0.25) is 0 Å². The molecule has 0 aliphatic heterocycles. The first-order valence-corrected chi connectivity index (χ1v) is 5.86. The van der Waals surface area contributed by atoms with E-state index in [0.29, 0.717) is 0 Å². The maximum atomic E-state index is 11.4. The molecule has 17 heavy (non-hydrogen) atoms. The minimum absolute atomic E-state index is 0.0870. The van der Waals surface area contributed by atoms with E-state index in [9.17, 15) is 4.79 Å². The Labute approximate surface area is 101 Å². The van der Waals surface area contributed by atoms with Crippen LogP contribution < -0.4 is 0 Å².